The molecule has 0 unspecified atom stereocenters. The fourth-order valence-corrected chi connectivity index (χ4v) is 5.59. The Bertz CT molecular complexity index is 1790. The van der Waals surface area contributed by atoms with Gasteiger partial charge in [-0.2, -0.15) is 0 Å². The van der Waals surface area contributed by atoms with E-state index in [9.17, 15) is 4.79 Å². The number of para-hydroxylation sites is 2. The minimum Gasteiger partial charge on any atom is -0.495 e. The normalized spacial score (nSPS) is 12.8. The van der Waals surface area contributed by atoms with Gasteiger partial charge in [0.25, 0.3) is 5.91 Å². The number of methoxy groups -OCH3 is 3. The van der Waals surface area contributed by atoms with Crippen LogP contribution < -0.4 is 24.8 Å². The summed E-state index contributed by atoms with van der Waals surface area (Å²) in [5.41, 5.74) is 6.79. The van der Waals surface area contributed by atoms with Gasteiger partial charge < -0.3 is 24.8 Å². The van der Waals surface area contributed by atoms with Crippen LogP contribution in [-0.2, 0) is 13.0 Å². The molecule has 5 aromatic rings. The molecule has 9 heteroatoms. The smallest absolute Gasteiger partial charge is 0.251 e. The van der Waals surface area contributed by atoms with Gasteiger partial charge in [-0.15, -0.1) is 0 Å². The van der Waals surface area contributed by atoms with Gasteiger partial charge in [0, 0.05) is 37.1 Å². The molecule has 0 bridgehead atoms. The van der Waals surface area contributed by atoms with E-state index >= 15 is 0 Å². The molecule has 2 heterocycles. The molecule has 0 spiro atoms. The van der Waals surface area contributed by atoms with E-state index in [0.717, 1.165) is 71.0 Å². The lowest BCUT2D eigenvalue weighted by atomic mass is 9.99. The van der Waals surface area contributed by atoms with Gasteiger partial charge in [-0.25, -0.2) is 9.97 Å². The Hall–Kier alpha value is -5.15. The third-order valence-corrected chi connectivity index (χ3v) is 7.99. The highest BCUT2D eigenvalue weighted by Crippen LogP contribution is 2.34. The van der Waals surface area contributed by atoms with Crippen LogP contribution in [0.4, 0.5) is 11.5 Å². The number of hydrogen-bond acceptors (Lipinski definition) is 8. The van der Waals surface area contributed by atoms with Crippen molar-refractivity contribution in [2.24, 2.45) is 0 Å². The predicted octanol–water partition coefficient (Wildman–Crippen LogP) is 5.85. The molecule has 0 saturated carbocycles. The van der Waals surface area contributed by atoms with Crippen molar-refractivity contribution in [3.05, 3.63) is 102 Å². The molecule has 0 atom stereocenters. The van der Waals surface area contributed by atoms with Crippen LogP contribution in [0.2, 0.25) is 0 Å². The zero-order chi connectivity index (χ0) is 30.5. The largest absolute Gasteiger partial charge is 0.495 e. The number of nitrogens with one attached hydrogen (secondary N) is 2. The molecule has 44 heavy (non-hydrogen) atoms. The molecule has 224 valence electrons. The van der Waals surface area contributed by atoms with Crippen LogP contribution in [0.5, 0.6) is 17.2 Å². The maximum absolute atomic E-state index is 12.9. The minimum atomic E-state index is -0.0874. The van der Waals surface area contributed by atoms with Crippen LogP contribution in [0, 0.1) is 0 Å². The third kappa shape index (κ3) is 6.14. The van der Waals surface area contributed by atoms with Crippen molar-refractivity contribution in [2.45, 2.75) is 13.0 Å². The molecule has 1 amide bonds. The Morgan fingerprint density at radius 2 is 1.55 bits per heavy atom. The second-order valence-corrected chi connectivity index (χ2v) is 10.6. The molecule has 0 fully saturated rings. The molecular weight excluding hydrogens is 554 g/mol. The fraction of sp³-hybridized carbons (Fsp3) is 0.229. The van der Waals surface area contributed by atoms with E-state index in [1.165, 1.54) is 11.1 Å². The Kier molecular flexibility index (Phi) is 8.56. The number of benzene rings is 4. The first-order chi connectivity index (χ1) is 21.6. The highest BCUT2D eigenvalue weighted by molar-refractivity contribution is 5.96. The topological polar surface area (TPSA) is 97.8 Å². The number of amides is 1. The van der Waals surface area contributed by atoms with Gasteiger partial charge >= 0.3 is 0 Å². The molecule has 1 aliphatic rings. The molecule has 0 radical (unpaired) electrons. The molecule has 6 rings (SSSR count). The highest BCUT2D eigenvalue weighted by atomic mass is 16.5. The van der Waals surface area contributed by atoms with Crippen molar-refractivity contribution in [1.82, 2.24) is 20.2 Å². The van der Waals surface area contributed by atoms with Crippen LogP contribution in [-0.4, -0.2) is 61.7 Å². The fourth-order valence-electron chi connectivity index (χ4n) is 5.59. The van der Waals surface area contributed by atoms with E-state index in [4.69, 9.17) is 14.2 Å². The number of rotatable bonds is 10. The minimum absolute atomic E-state index is 0.0874. The average Bonchev–Trinajstić information content (AvgIpc) is 3.07. The van der Waals surface area contributed by atoms with Crippen molar-refractivity contribution >= 4 is 28.3 Å². The summed E-state index contributed by atoms with van der Waals surface area (Å²) in [6, 6.07) is 25.6. The summed E-state index contributed by atoms with van der Waals surface area (Å²) < 4.78 is 16.4. The predicted molar refractivity (Wildman–Crippen MR) is 172 cm³/mol. The monoisotopic (exact) mass is 589 g/mol. The number of carbonyl (C=O) groups is 1. The van der Waals surface area contributed by atoms with E-state index in [2.05, 4.69) is 43.7 Å². The number of fused-ring (bicyclic) bond motifs is 2. The summed E-state index contributed by atoms with van der Waals surface area (Å²) in [4.78, 5) is 24.2. The Labute approximate surface area is 256 Å². The van der Waals surface area contributed by atoms with E-state index in [0.29, 0.717) is 17.9 Å². The first-order valence-electron chi connectivity index (χ1n) is 14.6. The molecule has 9 nitrogen and oxygen atoms in total. The van der Waals surface area contributed by atoms with Gasteiger partial charge in [-0.3, -0.25) is 9.69 Å². The zero-order valence-electron chi connectivity index (χ0n) is 25.1. The summed E-state index contributed by atoms with van der Waals surface area (Å²) in [5.74, 6) is 2.83. The van der Waals surface area contributed by atoms with Gasteiger partial charge in [-0.1, -0.05) is 30.3 Å². The third-order valence-electron chi connectivity index (χ3n) is 7.99. The molecule has 0 saturated heterocycles. The lowest BCUT2D eigenvalue weighted by molar-refractivity contribution is 0.0947. The van der Waals surface area contributed by atoms with Crippen molar-refractivity contribution in [1.29, 1.82) is 0 Å². The van der Waals surface area contributed by atoms with Crippen LogP contribution >= 0.6 is 0 Å². The Morgan fingerprint density at radius 3 is 2.32 bits per heavy atom. The number of hydrogen-bond donors (Lipinski definition) is 2. The van der Waals surface area contributed by atoms with E-state index < -0.39 is 0 Å². The summed E-state index contributed by atoms with van der Waals surface area (Å²) in [6.45, 7) is 3.07. The second-order valence-electron chi connectivity index (χ2n) is 10.6. The second kappa shape index (κ2) is 13.0. The quantitative estimate of drug-likeness (QED) is 0.209. The molecule has 4 aromatic carbocycles. The first-order valence-corrected chi connectivity index (χ1v) is 14.6. The summed E-state index contributed by atoms with van der Waals surface area (Å²) in [6.07, 6.45) is 2.48. The van der Waals surface area contributed by atoms with Crippen LogP contribution in [0.15, 0.2) is 85.2 Å². The van der Waals surface area contributed by atoms with Crippen molar-refractivity contribution in [3.63, 3.8) is 0 Å². The standard InChI is InChI=1S/C35H35N5O4/c1-42-31-7-5-4-6-30(31)39-34-28-18-25(12-13-29(28)37-22-38-34)23-8-10-24(11-9-23)35(41)36-15-17-40-16-14-26-19-32(43-2)33(44-3)20-27(26)21-40/h4-13,18-20,22H,14-17,21H2,1-3H3,(H,36,41)(H,37,38,39). The maximum Gasteiger partial charge on any atom is 0.251 e. The lowest BCUT2D eigenvalue weighted by Crippen LogP contribution is -2.37. The number of nitrogens with zero attached hydrogens (tertiary/aromatic N) is 3. The van der Waals surface area contributed by atoms with E-state index in [-0.39, 0.29) is 5.91 Å². The first kappa shape index (κ1) is 28.9. The Balaban J connectivity index is 1.09. The van der Waals surface area contributed by atoms with Gasteiger partial charge in [0.15, 0.2) is 11.5 Å². The van der Waals surface area contributed by atoms with Gasteiger partial charge in [0.2, 0.25) is 0 Å². The van der Waals surface area contributed by atoms with Crippen LogP contribution in [0.1, 0.15) is 21.5 Å². The van der Waals surface area contributed by atoms with Crippen LogP contribution in [0.25, 0.3) is 22.0 Å². The molecule has 2 N–H and O–H groups in total. The van der Waals surface area contributed by atoms with Crippen molar-refractivity contribution in [3.8, 4) is 28.4 Å². The zero-order valence-corrected chi connectivity index (χ0v) is 25.1. The van der Waals surface area contributed by atoms with Gasteiger partial charge in [-0.05, 0) is 77.2 Å². The van der Waals surface area contributed by atoms with Crippen molar-refractivity contribution in [2.75, 3.05) is 46.3 Å². The summed E-state index contributed by atoms with van der Waals surface area (Å²) >= 11 is 0. The summed E-state index contributed by atoms with van der Waals surface area (Å²) in [7, 11) is 4.96. The molecule has 1 aromatic heterocycles. The highest BCUT2D eigenvalue weighted by Gasteiger charge is 2.19. The molecular formula is C35H35N5O4. The maximum atomic E-state index is 12.9. The number of aromatic nitrogens is 2. The van der Waals surface area contributed by atoms with E-state index in [1.54, 1.807) is 27.7 Å². The lowest BCUT2D eigenvalue weighted by Gasteiger charge is -2.29. The molecule has 1 aliphatic heterocycles. The van der Waals surface area contributed by atoms with Crippen molar-refractivity contribution < 1.29 is 19.0 Å². The molecule has 0 aliphatic carbocycles. The van der Waals surface area contributed by atoms with Gasteiger partial charge in [0.05, 0.1) is 32.5 Å². The number of ether oxygens (including phenoxy) is 3. The van der Waals surface area contributed by atoms with Crippen LogP contribution in [0.3, 0.4) is 0 Å². The average molecular weight is 590 g/mol. The van der Waals surface area contributed by atoms with Gasteiger partial charge in [0.1, 0.15) is 17.9 Å². The number of anilines is 2. The SMILES string of the molecule is COc1ccccc1Nc1ncnc2ccc(-c3ccc(C(=O)NCCN4CCc5cc(OC)c(OC)cc5C4)cc3)cc12. The Morgan fingerprint density at radius 1 is 0.818 bits per heavy atom. The van der Waals surface area contributed by atoms with E-state index in [1.807, 2.05) is 60.7 Å². The number of carbonyl (C=O) groups excluding carboxylic acids is 1. The summed E-state index contributed by atoms with van der Waals surface area (Å²) in [5, 5.41) is 7.34.